The number of hydrogen-bond acceptors (Lipinski definition) is 5. The van der Waals surface area contributed by atoms with Gasteiger partial charge in [-0.3, -0.25) is 0 Å². The summed E-state index contributed by atoms with van der Waals surface area (Å²) >= 11 is 5.97. The van der Waals surface area contributed by atoms with Crippen LogP contribution in [0.5, 0.6) is 11.5 Å². The fourth-order valence-corrected chi connectivity index (χ4v) is 3.19. The van der Waals surface area contributed by atoms with Gasteiger partial charge in [0, 0.05) is 18.7 Å². The molecule has 0 heterocycles. The molecule has 0 saturated heterocycles. The summed E-state index contributed by atoms with van der Waals surface area (Å²) in [6.45, 7) is 1.14. The Labute approximate surface area is 131 Å². The van der Waals surface area contributed by atoms with Crippen LogP contribution in [0.2, 0.25) is 5.02 Å². The second-order valence-electron chi connectivity index (χ2n) is 4.69. The first-order valence-electron chi connectivity index (χ1n) is 6.37. The summed E-state index contributed by atoms with van der Waals surface area (Å²) in [6.07, 6.45) is 0.708. The molecule has 1 aromatic rings. The summed E-state index contributed by atoms with van der Waals surface area (Å²) in [4.78, 5) is 2.00. The SMILES string of the molecule is COc1cc(S(=O)(=O)NCCCN(C)C)c(OC)cc1Cl. The molecular formula is C13H21ClN2O4S. The second kappa shape index (κ2) is 7.84. The lowest BCUT2D eigenvalue weighted by molar-refractivity contribution is 0.391. The molecule has 0 aliphatic carbocycles. The van der Waals surface area contributed by atoms with E-state index in [1.807, 2.05) is 19.0 Å². The standard InChI is InChI=1S/C13H21ClN2O4S/c1-16(2)7-5-6-15-21(17,18)13-9-11(19-3)10(14)8-12(13)20-4/h8-9,15H,5-7H2,1-4H3. The van der Waals surface area contributed by atoms with Gasteiger partial charge in [-0.05, 0) is 27.1 Å². The smallest absolute Gasteiger partial charge is 0.244 e. The van der Waals surface area contributed by atoms with Crippen molar-refractivity contribution in [3.8, 4) is 11.5 Å². The molecule has 120 valence electrons. The monoisotopic (exact) mass is 336 g/mol. The third-order valence-corrected chi connectivity index (χ3v) is 4.58. The van der Waals surface area contributed by atoms with Crippen LogP contribution in [-0.2, 0) is 10.0 Å². The van der Waals surface area contributed by atoms with E-state index in [2.05, 4.69) is 4.72 Å². The number of nitrogens with one attached hydrogen (secondary N) is 1. The number of methoxy groups -OCH3 is 2. The number of ether oxygens (including phenoxy) is 2. The van der Waals surface area contributed by atoms with Crippen molar-refractivity contribution in [2.24, 2.45) is 0 Å². The van der Waals surface area contributed by atoms with Crippen LogP contribution in [-0.4, -0.2) is 54.7 Å². The first-order valence-corrected chi connectivity index (χ1v) is 8.24. The van der Waals surface area contributed by atoms with Crippen molar-refractivity contribution in [2.75, 3.05) is 41.4 Å². The van der Waals surface area contributed by atoms with Gasteiger partial charge in [-0.1, -0.05) is 11.6 Å². The molecule has 1 N–H and O–H groups in total. The summed E-state index contributed by atoms with van der Waals surface area (Å²) < 4.78 is 37.3. The summed E-state index contributed by atoms with van der Waals surface area (Å²) in [5, 5.41) is 0.293. The maximum Gasteiger partial charge on any atom is 0.244 e. The Kier molecular flexibility index (Phi) is 6.73. The molecule has 0 aromatic heterocycles. The van der Waals surface area contributed by atoms with Crippen molar-refractivity contribution >= 4 is 21.6 Å². The van der Waals surface area contributed by atoms with Crippen LogP contribution in [0, 0.1) is 0 Å². The molecule has 0 radical (unpaired) electrons. The number of rotatable bonds is 8. The first-order chi connectivity index (χ1) is 9.81. The van der Waals surface area contributed by atoms with Gasteiger partial charge >= 0.3 is 0 Å². The van der Waals surface area contributed by atoms with Gasteiger partial charge in [-0.15, -0.1) is 0 Å². The number of nitrogens with zero attached hydrogens (tertiary/aromatic N) is 1. The van der Waals surface area contributed by atoms with Gasteiger partial charge < -0.3 is 14.4 Å². The van der Waals surface area contributed by atoms with Gasteiger partial charge in [0.2, 0.25) is 10.0 Å². The summed E-state index contributed by atoms with van der Waals surface area (Å²) in [5.41, 5.74) is 0. The number of benzene rings is 1. The van der Waals surface area contributed by atoms with E-state index in [1.54, 1.807) is 0 Å². The average Bonchev–Trinajstić information content (AvgIpc) is 2.42. The van der Waals surface area contributed by atoms with Crippen LogP contribution in [0.15, 0.2) is 17.0 Å². The maximum absolute atomic E-state index is 12.3. The lowest BCUT2D eigenvalue weighted by Gasteiger charge is -2.14. The van der Waals surface area contributed by atoms with Gasteiger partial charge in [-0.25, -0.2) is 13.1 Å². The van der Waals surface area contributed by atoms with Crippen molar-refractivity contribution in [3.63, 3.8) is 0 Å². The molecular weight excluding hydrogens is 316 g/mol. The van der Waals surface area contributed by atoms with Crippen LogP contribution in [0.4, 0.5) is 0 Å². The van der Waals surface area contributed by atoms with Gasteiger partial charge in [0.1, 0.15) is 16.4 Å². The van der Waals surface area contributed by atoms with Gasteiger partial charge in [-0.2, -0.15) is 0 Å². The van der Waals surface area contributed by atoms with E-state index in [1.165, 1.54) is 26.4 Å². The Morgan fingerprint density at radius 2 is 1.81 bits per heavy atom. The van der Waals surface area contributed by atoms with Crippen molar-refractivity contribution in [3.05, 3.63) is 17.2 Å². The number of halogens is 1. The van der Waals surface area contributed by atoms with Gasteiger partial charge in [0.05, 0.1) is 19.2 Å². The highest BCUT2D eigenvalue weighted by molar-refractivity contribution is 7.89. The summed E-state index contributed by atoms with van der Waals surface area (Å²) in [6, 6.07) is 2.78. The Balaban J connectivity index is 2.96. The van der Waals surface area contributed by atoms with Crippen LogP contribution in [0.1, 0.15) is 6.42 Å². The lowest BCUT2D eigenvalue weighted by Crippen LogP contribution is -2.27. The Bertz CT molecular complexity index is 576. The van der Waals surface area contributed by atoms with Crippen molar-refractivity contribution in [1.82, 2.24) is 9.62 Å². The van der Waals surface area contributed by atoms with Crippen LogP contribution < -0.4 is 14.2 Å². The molecule has 21 heavy (non-hydrogen) atoms. The van der Waals surface area contributed by atoms with Crippen LogP contribution in [0.3, 0.4) is 0 Å². The first kappa shape index (κ1) is 18.0. The minimum atomic E-state index is -3.68. The molecule has 0 aliphatic rings. The van der Waals surface area contributed by atoms with Crippen LogP contribution in [0.25, 0.3) is 0 Å². The molecule has 6 nitrogen and oxygen atoms in total. The van der Waals surface area contributed by atoms with Crippen LogP contribution >= 0.6 is 11.6 Å². The molecule has 0 saturated carbocycles. The molecule has 0 fully saturated rings. The summed E-state index contributed by atoms with van der Waals surface area (Å²) in [5.74, 6) is 0.465. The average molecular weight is 337 g/mol. The molecule has 1 aromatic carbocycles. The van der Waals surface area contributed by atoms with E-state index in [9.17, 15) is 8.42 Å². The highest BCUT2D eigenvalue weighted by Gasteiger charge is 2.21. The third kappa shape index (κ3) is 5.03. The Morgan fingerprint density at radius 3 is 2.33 bits per heavy atom. The number of hydrogen-bond donors (Lipinski definition) is 1. The topological polar surface area (TPSA) is 67.9 Å². The minimum absolute atomic E-state index is 0.0103. The fraction of sp³-hybridized carbons (Fsp3) is 0.538. The van der Waals surface area contributed by atoms with E-state index >= 15 is 0 Å². The molecule has 8 heteroatoms. The van der Waals surface area contributed by atoms with E-state index in [-0.39, 0.29) is 16.4 Å². The second-order valence-corrected chi connectivity index (χ2v) is 6.83. The normalized spacial score (nSPS) is 11.7. The van der Waals surface area contributed by atoms with E-state index in [0.29, 0.717) is 18.0 Å². The predicted octanol–water partition coefficient (Wildman–Crippen LogP) is 1.59. The molecule has 0 atom stereocenters. The third-order valence-electron chi connectivity index (χ3n) is 2.80. The summed E-state index contributed by atoms with van der Waals surface area (Å²) in [7, 11) is 3.00. The molecule has 0 spiro atoms. The van der Waals surface area contributed by atoms with E-state index < -0.39 is 10.0 Å². The zero-order chi connectivity index (χ0) is 16.0. The molecule has 1 rings (SSSR count). The fourth-order valence-electron chi connectivity index (χ4n) is 1.72. The zero-order valence-corrected chi connectivity index (χ0v) is 14.2. The highest BCUT2D eigenvalue weighted by atomic mass is 35.5. The van der Waals surface area contributed by atoms with Gasteiger partial charge in [0.25, 0.3) is 0 Å². The Morgan fingerprint density at radius 1 is 1.19 bits per heavy atom. The van der Waals surface area contributed by atoms with Gasteiger partial charge in [0.15, 0.2) is 0 Å². The maximum atomic E-state index is 12.3. The van der Waals surface area contributed by atoms with Crippen molar-refractivity contribution in [1.29, 1.82) is 0 Å². The highest BCUT2D eigenvalue weighted by Crippen LogP contribution is 2.34. The lowest BCUT2D eigenvalue weighted by atomic mass is 10.3. The molecule has 0 aliphatic heterocycles. The van der Waals surface area contributed by atoms with E-state index in [0.717, 1.165) is 6.54 Å². The largest absolute Gasteiger partial charge is 0.495 e. The Hall–Kier alpha value is -1.02. The predicted molar refractivity (Wildman–Crippen MR) is 82.9 cm³/mol. The van der Waals surface area contributed by atoms with E-state index in [4.69, 9.17) is 21.1 Å². The quantitative estimate of drug-likeness (QED) is 0.730. The zero-order valence-electron chi connectivity index (χ0n) is 12.6. The molecule has 0 bridgehead atoms. The minimum Gasteiger partial charge on any atom is -0.495 e. The molecule has 0 amide bonds. The van der Waals surface area contributed by atoms with Crippen molar-refractivity contribution in [2.45, 2.75) is 11.3 Å². The molecule has 0 unspecified atom stereocenters. The number of sulfonamides is 1. The van der Waals surface area contributed by atoms with Crippen molar-refractivity contribution < 1.29 is 17.9 Å².